The maximum Gasteiger partial charge on any atom is 0.305 e. The van der Waals surface area contributed by atoms with E-state index in [0.717, 1.165) is 37.7 Å². The number of esters is 2. The second kappa shape index (κ2) is 14.2. The van der Waals surface area contributed by atoms with Crippen LogP contribution in [0.3, 0.4) is 0 Å². The number of methoxy groups -OCH3 is 1. The highest BCUT2D eigenvalue weighted by molar-refractivity contribution is 5.96. The molecule has 32 heavy (non-hydrogen) atoms. The number of rotatable bonds is 14. The van der Waals surface area contributed by atoms with E-state index in [4.69, 9.17) is 4.74 Å². The number of hydrogen-bond acceptors (Lipinski definition) is 5. The van der Waals surface area contributed by atoms with Gasteiger partial charge in [0.2, 0.25) is 0 Å². The number of hydrogen-bond donors (Lipinski definition) is 0. The van der Waals surface area contributed by atoms with Crippen molar-refractivity contribution in [2.75, 3.05) is 13.7 Å². The molecule has 0 saturated heterocycles. The molecule has 172 valence electrons. The van der Waals surface area contributed by atoms with Crippen molar-refractivity contribution in [3.05, 3.63) is 70.8 Å². The third-order valence-corrected chi connectivity index (χ3v) is 5.37. The highest BCUT2D eigenvalue weighted by Crippen LogP contribution is 2.15. The zero-order chi connectivity index (χ0) is 23.2. The molecule has 0 N–H and O–H groups in total. The average Bonchev–Trinajstić information content (AvgIpc) is 2.80. The first kappa shape index (κ1) is 25.3. The van der Waals surface area contributed by atoms with Crippen LogP contribution in [0.2, 0.25) is 0 Å². The van der Waals surface area contributed by atoms with Gasteiger partial charge in [0, 0.05) is 24.8 Å². The number of Topliss-reactive ketones (excluding diaryl/α,β-unsaturated/α-hetero) is 1. The number of carbonyl (C=O) groups excluding carboxylic acids is 3. The molecule has 0 aromatic heterocycles. The van der Waals surface area contributed by atoms with E-state index in [-0.39, 0.29) is 24.1 Å². The highest BCUT2D eigenvalue weighted by Gasteiger charge is 2.08. The van der Waals surface area contributed by atoms with Crippen LogP contribution in [0.15, 0.2) is 48.5 Å². The van der Waals surface area contributed by atoms with Gasteiger partial charge in [-0.3, -0.25) is 14.4 Å². The highest BCUT2D eigenvalue weighted by atomic mass is 16.5. The lowest BCUT2D eigenvalue weighted by atomic mass is 9.99. The zero-order valence-electron chi connectivity index (χ0n) is 19.2. The van der Waals surface area contributed by atoms with Crippen molar-refractivity contribution in [3.8, 4) is 0 Å². The van der Waals surface area contributed by atoms with E-state index in [1.165, 1.54) is 18.2 Å². The summed E-state index contributed by atoms with van der Waals surface area (Å²) in [4.78, 5) is 34.7. The molecular formula is C27H34O5. The summed E-state index contributed by atoms with van der Waals surface area (Å²) in [5.41, 5.74) is 4.37. The molecule has 5 nitrogen and oxygen atoms in total. The molecule has 0 spiro atoms. The van der Waals surface area contributed by atoms with Gasteiger partial charge in [-0.15, -0.1) is 0 Å². The SMILES string of the molecule is CCOC(=O)CCCCCc1ccc(Cc2ccc(C(=O)CCCC(=O)OC)cc2)cc1. The van der Waals surface area contributed by atoms with Crippen molar-refractivity contribution in [2.45, 2.75) is 64.7 Å². The number of ketones is 1. The summed E-state index contributed by atoms with van der Waals surface area (Å²) in [6.07, 6.45) is 6.41. The molecule has 2 aromatic carbocycles. The van der Waals surface area contributed by atoms with Gasteiger partial charge in [-0.25, -0.2) is 0 Å². The number of carbonyl (C=O) groups is 3. The van der Waals surface area contributed by atoms with Crippen LogP contribution < -0.4 is 0 Å². The van der Waals surface area contributed by atoms with Gasteiger partial charge in [-0.1, -0.05) is 55.0 Å². The predicted octanol–water partition coefficient (Wildman–Crippen LogP) is 5.47. The quantitative estimate of drug-likeness (QED) is 0.222. The Labute approximate surface area is 191 Å². The Kier molecular flexibility index (Phi) is 11.2. The van der Waals surface area contributed by atoms with Crippen molar-refractivity contribution in [2.24, 2.45) is 0 Å². The van der Waals surface area contributed by atoms with E-state index < -0.39 is 0 Å². The average molecular weight is 439 g/mol. The molecule has 0 fully saturated rings. The van der Waals surface area contributed by atoms with E-state index >= 15 is 0 Å². The smallest absolute Gasteiger partial charge is 0.305 e. The standard InChI is InChI=1S/C27H34O5/c1-3-32-27(30)10-6-4-5-8-21-12-14-22(15-13-21)20-23-16-18-24(19-17-23)25(28)9-7-11-26(29)31-2/h12-19H,3-11,20H2,1-2H3. The number of ether oxygens (including phenoxy) is 2. The molecule has 2 rings (SSSR count). The molecule has 0 heterocycles. The largest absolute Gasteiger partial charge is 0.469 e. The van der Waals surface area contributed by atoms with Crippen LogP contribution >= 0.6 is 0 Å². The van der Waals surface area contributed by atoms with Crippen LogP contribution in [-0.4, -0.2) is 31.4 Å². The summed E-state index contributed by atoms with van der Waals surface area (Å²) in [5.74, 6) is -0.340. The van der Waals surface area contributed by atoms with Gasteiger partial charge in [0.25, 0.3) is 0 Å². The minimum absolute atomic E-state index is 0.0482. The van der Waals surface area contributed by atoms with Gasteiger partial charge in [-0.2, -0.15) is 0 Å². The van der Waals surface area contributed by atoms with Crippen molar-refractivity contribution in [3.63, 3.8) is 0 Å². The molecule has 0 aliphatic carbocycles. The van der Waals surface area contributed by atoms with E-state index in [0.29, 0.717) is 31.4 Å². The lowest BCUT2D eigenvalue weighted by Gasteiger charge is -2.07. The fourth-order valence-corrected chi connectivity index (χ4v) is 3.52. The van der Waals surface area contributed by atoms with Crippen molar-refractivity contribution >= 4 is 17.7 Å². The first-order chi connectivity index (χ1) is 15.5. The Morgan fingerprint density at radius 2 is 1.28 bits per heavy atom. The minimum atomic E-state index is -0.284. The first-order valence-corrected chi connectivity index (χ1v) is 11.4. The molecule has 0 aliphatic heterocycles. The summed E-state index contributed by atoms with van der Waals surface area (Å²) >= 11 is 0. The molecule has 0 unspecified atom stereocenters. The Balaban J connectivity index is 1.73. The van der Waals surface area contributed by atoms with Crippen LogP contribution in [-0.2, 0) is 31.9 Å². The van der Waals surface area contributed by atoms with Gasteiger partial charge in [-0.05, 0) is 55.7 Å². The number of aryl methyl sites for hydroxylation is 1. The molecule has 0 amide bonds. The predicted molar refractivity (Wildman–Crippen MR) is 125 cm³/mol. The third-order valence-electron chi connectivity index (χ3n) is 5.37. The van der Waals surface area contributed by atoms with Crippen LogP contribution in [0, 0.1) is 0 Å². The van der Waals surface area contributed by atoms with Gasteiger partial charge in [0.15, 0.2) is 5.78 Å². The van der Waals surface area contributed by atoms with Gasteiger partial charge in [0.05, 0.1) is 13.7 Å². The zero-order valence-corrected chi connectivity index (χ0v) is 19.2. The van der Waals surface area contributed by atoms with Crippen molar-refractivity contribution < 1.29 is 23.9 Å². The fourth-order valence-electron chi connectivity index (χ4n) is 3.52. The molecule has 5 heteroatoms. The number of benzene rings is 2. The first-order valence-electron chi connectivity index (χ1n) is 11.4. The summed E-state index contributed by atoms with van der Waals surface area (Å²) in [6, 6.07) is 16.3. The minimum Gasteiger partial charge on any atom is -0.469 e. The van der Waals surface area contributed by atoms with Crippen molar-refractivity contribution in [1.29, 1.82) is 0 Å². The molecular weight excluding hydrogens is 404 g/mol. The Hall–Kier alpha value is -2.95. The topological polar surface area (TPSA) is 69.7 Å². The lowest BCUT2D eigenvalue weighted by Crippen LogP contribution is -2.04. The van der Waals surface area contributed by atoms with Gasteiger partial charge in [0.1, 0.15) is 0 Å². The molecule has 0 radical (unpaired) electrons. The van der Waals surface area contributed by atoms with Gasteiger partial charge < -0.3 is 9.47 Å². The monoisotopic (exact) mass is 438 g/mol. The Bertz CT molecular complexity index is 853. The van der Waals surface area contributed by atoms with E-state index in [2.05, 4.69) is 29.0 Å². The summed E-state index contributed by atoms with van der Waals surface area (Å²) in [6.45, 7) is 2.28. The maximum atomic E-state index is 12.2. The number of unbranched alkanes of at least 4 members (excludes halogenated alkanes) is 2. The maximum absolute atomic E-state index is 12.2. The summed E-state index contributed by atoms with van der Waals surface area (Å²) in [5, 5.41) is 0. The van der Waals surface area contributed by atoms with Crippen LogP contribution in [0.5, 0.6) is 0 Å². The molecule has 0 atom stereocenters. The Morgan fingerprint density at radius 1 is 0.688 bits per heavy atom. The van der Waals surface area contributed by atoms with E-state index in [1.807, 2.05) is 31.2 Å². The van der Waals surface area contributed by atoms with Gasteiger partial charge >= 0.3 is 11.9 Å². The Morgan fingerprint density at radius 3 is 1.91 bits per heavy atom. The van der Waals surface area contributed by atoms with Crippen LogP contribution in [0.25, 0.3) is 0 Å². The second-order valence-corrected chi connectivity index (χ2v) is 7.91. The van der Waals surface area contributed by atoms with E-state index in [1.54, 1.807) is 0 Å². The normalized spacial score (nSPS) is 10.6. The van der Waals surface area contributed by atoms with E-state index in [9.17, 15) is 14.4 Å². The molecule has 2 aromatic rings. The fraction of sp³-hybridized carbons (Fsp3) is 0.444. The molecule has 0 saturated carbocycles. The van der Waals surface area contributed by atoms with Crippen LogP contribution in [0.1, 0.15) is 78.9 Å². The van der Waals surface area contributed by atoms with Crippen LogP contribution in [0.4, 0.5) is 0 Å². The molecule has 0 aliphatic rings. The summed E-state index contributed by atoms with van der Waals surface area (Å²) < 4.78 is 9.54. The second-order valence-electron chi connectivity index (χ2n) is 7.91. The lowest BCUT2D eigenvalue weighted by molar-refractivity contribution is -0.143. The van der Waals surface area contributed by atoms with Crippen molar-refractivity contribution in [1.82, 2.24) is 0 Å². The summed E-state index contributed by atoms with van der Waals surface area (Å²) in [7, 11) is 1.35. The third kappa shape index (κ3) is 9.46. The molecule has 0 bridgehead atoms.